The van der Waals surface area contributed by atoms with Crippen molar-refractivity contribution in [2.24, 2.45) is 0 Å². The Balaban J connectivity index is 2.03. The number of hydrogen-bond donors (Lipinski definition) is 1. The molecule has 1 amide bonds. The van der Waals surface area contributed by atoms with Crippen LogP contribution in [0.1, 0.15) is 36.2 Å². The molecule has 0 fully saturated rings. The van der Waals surface area contributed by atoms with Crippen LogP contribution in [0.5, 0.6) is 0 Å². The Hall–Kier alpha value is -3.41. The van der Waals surface area contributed by atoms with Crippen molar-refractivity contribution in [1.82, 2.24) is 5.32 Å². The Morgan fingerprint density at radius 2 is 1.83 bits per heavy atom. The van der Waals surface area contributed by atoms with Crippen molar-refractivity contribution in [1.29, 1.82) is 0 Å². The highest BCUT2D eigenvalue weighted by Crippen LogP contribution is 2.27. The van der Waals surface area contributed by atoms with E-state index in [4.69, 9.17) is 9.15 Å². The van der Waals surface area contributed by atoms with Gasteiger partial charge in [-0.2, -0.15) is 0 Å². The van der Waals surface area contributed by atoms with Gasteiger partial charge in [-0.05, 0) is 32.4 Å². The number of benzene rings is 2. The molecule has 0 spiro atoms. The lowest BCUT2D eigenvalue weighted by atomic mass is 10.0. The Labute approximate surface area is 168 Å². The van der Waals surface area contributed by atoms with E-state index in [-0.39, 0.29) is 22.5 Å². The summed E-state index contributed by atoms with van der Waals surface area (Å²) in [6.07, 6.45) is -0.183. The van der Waals surface area contributed by atoms with Gasteiger partial charge in [0.1, 0.15) is 11.3 Å². The van der Waals surface area contributed by atoms with Crippen molar-refractivity contribution in [3.63, 3.8) is 0 Å². The molecule has 1 N–H and O–H groups in total. The molecular formula is C23H23NO5. The Bertz CT molecular complexity index is 1100. The molecule has 3 aromatic rings. The summed E-state index contributed by atoms with van der Waals surface area (Å²) in [5.74, 6) is -0.694. The SMILES string of the molecule is CCCNC(=O)[C@H](C)OC(=O)c1cccc2c(=O)c(C)c(-c3ccccc3)oc12. The van der Waals surface area contributed by atoms with Gasteiger partial charge in [-0.3, -0.25) is 9.59 Å². The molecule has 6 heteroatoms. The van der Waals surface area contributed by atoms with E-state index in [1.807, 2.05) is 37.3 Å². The highest BCUT2D eigenvalue weighted by Gasteiger charge is 2.23. The molecule has 150 valence electrons. The molecule has 1 atom stereocenters. The minimum absolute atomic E-state index is 0.104. The Morgan fingerprint density at radius 1 is 1.10 bits per heavy atom. The summed E-state index contributed by atoms with van der Waals surface area (Å²) in [6.45, 7) is 5.63. The van der Waals surface area contributed by atoms with Crippen LogP contribution in [-0.4, -0.2) is 24.5 Å². The second kappa shape index (κ2) is 8.73. The molecule has 0 aliphatic rings. The molecule has 0 radical (unpaired) electrons. The molecule has 0 aliphatic heterocycles. The van der Waals surface area contributed by atoms with Crippen molar-refractivity contribution < 1.29 is 18.7 Å². The predicted octanol–water partition coefficient (Wildman–Crippen LogP) is 3.84. The number of esters is 1. The van der Waals surface area contributed by atoms with Gasteiger partial charge in [-0.25, -0.2) is 4.79 Å². The lowest BCUT2D eigenvalue weighted by molar-refractivity contribution is -0.129. The number of carbonyl (C=O) groups excluding carboxylic acids is 2. The second-order valence-corrected chi connectivity index (χ2v) is 6.77. The zero-order valence-electron chi connectivity index (χ0n) is 16.7. The smallest absolute Gasteiger partial charge is 0.342 e. The molecule has 0 unspecified atom stereocenters. The summed E-state index contributed by atoms with van der Waals surface area (Å²) in [4.78, 5) is 37.6. The maximum absolute atomic E-state index is 12.9. The van der Waals surface area contributed by atoms with Crippen LogP contribution in [0.25, 0.3) is 22.3 Å². The van der Waals surface area contributed by atoms with Crippen molar-refractivity contribution in [2.45, 2.75) is 33.3 Å². The van der Waals surface area contributed by atoms with E-state index in [9.17, 15) is 14.4 Å². The van der Waals surface area contributed by atoms with Gasteiger partial charge in [0.05, 0.1) is 5.39 Å². The zero-order valence-corrected chi connectivity index (χ0v) is 16.7. The molecular weight excluding hydrogens is 370 g/mol. The van der Waals surface area contributed by atoms with Crippen LogP contribution < -0.4 is 10.7 Å². The van der Waals surface area contributed by atoms with E-state index in [1.54, 1.807) is 19.1 Å². The number of fused-ring (bicyclic) bond motifs is 1. The fourth-order valence-electron chi connectivity index (χ4n) is 3.00. The average molecular weight is 393 g/mol. The molecule has 0 bridgehead atoms. The van der Waals surface area contributed by atoms with Crippen LogP contribution in [0.15, 0.2) is 57.7 Å². The fourth-order valence-corrected chi connectivity index (χ4v) is 3.00. The highest BCUT2D eigenvalue weighted by molar-refractivity contribution is 6.03. The van der Waals surface area contributed by atoms with E-state index in [1.165, 1.54) is 13.0 Å². The summed E-state index contributed by atoms with van der Waals surface area (Å²) >= 11 is 0. The van der Waals surface area contributed by atoms with Crippen LogP contribution in [0.4, 0.5) is 0 Å². The number of hydrogen-bond acceptors (Lipinski definition) is 5. The number of amides is 1. The van der Waals surface area contributed by atoms with Gasteiger partial charge >= 0.3 is 5.97 Å². The fraction of sp³-hybridized carbons (Fsp3) is 0.261. The van der Waals surface area contributed by atoms with Crippen LogP contribution >= 0.6 is 0 Å². The number of ether oxygens (including phenoxy) is 1. The third-order valence-corrected chi connectivity index (χ3v) is 4.60. The van der Waals surface area contributed by atoms with Gasteiger partial charge in [0.2, 0.25) is 0 Å². The normalized spacial score (nSPS) is 11.8. The third kappa shape index (κ3) is 4.21. The van der Waals surface area contributed by atoms with E-state index in [2.05, 4.69) is 5.32 Å². The van der Waals surface area contributed by atoms with Crippen LogP contribution in [-0.2, 0) is 9.53 Å². The number of nitrogens with one attached hydrogen (secondary N) is 1. The summed E-state index contributed by atoms with van der Waals surface area (Å²) in [5, 5.41) is 2.98. The largest absolute Gasteiger partial charge is 0.455 e. The maximum Gasteiger partial charge on any atom is 0.342 e. The summed E-state index contributed by atoms with van der Waals surface area (Å²) in [6, 6.07) is 13.9. The molecule has 3 rings (SSSR count). The Kier molecular flexibility index (Phi) is 6.12. The molecule has 0 saturated heterocycles. The number of rotatable bonds is 6. The van der Waals surface area contributed by atoms with Crippen molar-refractivity contribution in [3.05, 3.63) is 69.9 Å². The molecule has 1 heterocycles. The highest BCUT2D eigenvalue weighted by atomic mass is 16.5. The van der Waals surface area contributed by atoms with Crippen molar-refractivity contribution in [2.75, 3.05) is 6.54 Å². The van der Waals surface area contributed by atoms with E-state index < -0.39 is 12.1 Å². The van der Waals surface area contributed by atoms with Gasteiger partial charge < -0.3 is 14.5 Å². The standard InChI is InChI=1S/C23H23NO5/c1-4-13-24-22(26)15(3)28-23(27)18-12-8-11-17-19(25)14(2)20(29-21(17)18)16-9-6-5-7-10-16/h5-12,15H,4,13H2,1-3H3,(H,24,26)/t15-/m0/s1. The summed E-state index contributed by atoms with van der Waals surface area (Å²) in [7, 11) is 0. The zero-order chi connectivity index (χ0) is 21.0. The molecule has 0 aliphatic carbocycles. The van der Waals surface area contributed by atoms with Crippen LogP contribution in [0.3, 0.4) is 0 Å². The molecule has 29 heavy (non-hydrogen) atoms. The summed E-state index contributed by atoms with van der Waals surface area (Å²) in [5.41, 5.74) is 1.23. The third-order valence-electron chi connectivity index (χ3n) is 4.60. The number of para-hydroxylation sites is 1. The predicted molar refractivity (Wildman–Crippen MR) is 111 cm³/mol. The molecule has 2 aromatic carbocycles. The van der Waals surface area contributed by atoms with Gasteiger partial charge in [-0.1, -0.05) is 43.3 Å². The molecule has 1 aromatic heterocycles. The second-order valence-electron chi connectivity index (χ2n) is 6.77. The monoisotopic (exact) mass is 393 g/mol. The first kappa shape index (κ1) is 20.3. The molecule has 0 saturated carbocycles. The lowest BCUT2D eigenvalue weighted by Crippen LogP contribution is -2.36. The van der Waals surface area contributed by atoms with Crippen LogP contribution in [0, 0.1) is 6.92 Å². The maximum atomic E-state index is 12.9. The van der Waals surface area contributed by atoms with Gasteiger partial charge in [0.25, 0.3) is 5.91 Å². The van der Waals surface area contributed by atoms with E-state index in [0.29, 0.717) is 23.3 Å². The van der Waals surface area contributed by atoms with E-state index in [0.717, 1.165) is 12.0 Å². The first-order chi connectivity index (χ1) is 13.9. The lowest BCUT2D eigenvalue weighted by Gasteiger charge is -2.14. The minimum Gasteiger partial charge on any atom is -0.455 e. The van der Waals surface area contributed by atoms with Gasteiger partial charge in [0, 0.05) is 17.7 Å². The van der Waals surface area contributed by atoms with Crippen molar-refractivity contribution >= 4 is 22.8 Å². The van der Waals surface area contributed by atoms with Crippen LogP contribution in [0.2, 0.25) is 0 Å². The van der Waals surface area contributed by atoms with Crippen molar-refractivity contribution in [3.8, 4) is 11.3 Å². The molecule has 6 nitrogen and oxygen atoms in total. The first-order valence-electron chi connectivity index (χ1n) is 9.54. The van der Waals surface area contributed by atoms with Gasteiger partial charge in [0.15, 0.2) is 17.1 Å². The average Bonchev–Trinajstić information content (AvgIpc) is 2.74. The topological polar surface area (TPSA) is 85.6 Å². The first-order valence-corrected chi connectivity index (χ1v) is 9.54. The summed E-state index contributed by atoms with van der Waals surface area (Å²) < 4.78 is 11.3. The quantitative estimate of drug-likeness (QED) is 0.643. The minimum atomic E-state index is -0.963. The Morgan fingerprint density at radius 3 is 2.52 bits per heavy atom. The number of carbonyl (C=O) groups is 2. The van der Waals surface area contributed by atoms with E-state index >= 15 is 0 Å². The van der Waals surface area contributed by atoms with Gasteiger partial charge in [-0.15, -0.1) is 0 Å².